The molecular formula is C14H12BrFN2O. The highest BCUT2D eigenvalue weighted by Crippen LogP contribution is 2.21. The molecule has 0 unspecified atom stereocenters. The van der Waals surface area contributed by atoms with Gasteiger partial charge in [-0.05, 0) is 58.7 Å². The van der Waals surface area contributed by atoms with Crippen molar-refractivity contribution in [3.63, 3.8) is 0 Å². The summed E-state index contributed by atoms with van der Waals surface area (Å²) < 4.78 is 13.9. The summed E-state index contributed by atoms with van der Waals surface area (Å²) >= 11 is 3.33. The Labute approximate surface area is 118 Å². The lowest BCUT2D eigenvalue weighted by molar-refractivity contribution is 0.102. The predicted molar refractivity (Wildman–Crippen MR) is 77.6 cm³/mol. The molecule has 0 aliphatic carbocycles. The molecule has 0 spiro atoms. The molecule has 0 fully saturated rings. The predicted octanol–water partition coefficient (Wildman–Crippen LogP) is 3.73. The van der Waals surface area contributed by atoms with Crippen molar-refractivity contribution >= 4 is 33.2 Å². The van der Waals surface area contributed by atoms with Crippen molar-refractivity contribution in [3.05, 3.63) is 57.8 Å². The number of benzene rings is 2. The second-order valence-corrected chi connectivity index (χ2v) is 5.07. The SMILES string of the molecule is Cc1ccc(C(=O)Nc2cc(N)cc(F)c2)c(Br)c1. The number of nitrogens with two attached hydrogens (primary N) is 1. The maximum atomic E-state index is 13.2. The van der Waals surface area contributed by atoms with Crippen molar-refractivity contribution in [1.82, 2.24) is 0 Å². The van der Waals surface area contributed by atoms with Gasteiger partial charge in [0.2, 0.25) is 0 Å². The molecule has 2 aromatic carbocycles. The van der Waals surface area contributed by atoms with Crippen LogP contribution in [0.3, 0.4) is 0 Å². The highest BCUT2D eigenvalue weighted by molar-refractivity contribution is 9.10. The lowest BCUT2D eigenvalue weighted by atomic mass is 10.1. The Morgan fingerprint density at radius 1 is 1.26 bits per heavy atom. The highest BCUT2D eigenvalue weighted by Gasteiger charge is 2.11. The van der Waals surface area contributed by atoms with E-state index in [0.29, 0.717) is 15.7 Å². The monoisotopic (exact) mass is 322 g/mol. The second-order valence-electron chi connectivity index (χ2n) is 4.21. The number of carbonyl (C=O) groups is 1. The number of halogens is 2. The van der Waals surface area contributed by atoms with Gasteiger partial charge in [-0.2, -0.15) is 0 Å². The van der Waals surface area contributed by atoms with Gasteiger partial charge in [0, 0.05) is 15.8 Å². The average Bonchev–Trinajstić information content (AvgIpc) is 2.26. The van der Waals surface area contributed by atoms with Gasteiger partial charge in [0.25, 0.3) is 5.91 Å². The Bertz CT molecular complexity index is 623. The van der Waals surface area contributed by atoms with E-state index in [-0.39, 0.29) is 11.6 Å². The molecule has 1 amide bonds. The first-order valence-corrected chi connectivity index (χ1v) is 6.38. The maximum absolute atomic E-state index is 13.2. The average molecular weight is 323 g/mol. The zero-order valence-corrected chi connectivity index (χ0v) is 11.8. The van der Waals surface area contributed by atoms with Crippen molar-refractivity contribution in [2.24, 2.45) is 0 Å². The van der Waals surface area contributed by atoms with Crippen molar-refractivity contribution in [2.45, 2.75) is 6.92 Å². The minimum Gasteiger partial charge on any atom is -0.399 e. The number of carbonyl (C=O) groups excluding carboxylic acids is 1. The zero-order chi connectivity index (χ0) is 14.0. The molecule has 0 radical (unpaired) electrons. The lowest BCUT2D eigenvalue weighted by Gasteiger charge is -2.08. The van der Waals surface area contributed by atoms with Gasteiger partial charge in [-0.1, -0.05) is 6.07 Å². The molecule has 3 N–H and O–H groups in total. The van der Waals surface area contributed by atoms with E-state index in [9.17, 15) is 9.18 Å². The first-order chi connectivity index (χ1) is 8.95. The lowest BCUT2D eigenvalue weighted by Crippen LogP contribution is -2.13. The number of hydrogen-bond donors (Lipinski definition) is 2. The standard InChI is InChI=1S/C14H12BrFN2O/c1-8-2-3-12(13(15)4-8)14(19)18-11-6-9(16)5-10(17)7-11/h2-7H,17H2,1H3,(H,18,19). The molecule has 0 bridgehead atoms. The molecule has 0 aliphatic heterocycles. The number of nitrogens with one attached hydrogen (secondary N) is 1. The molecule has 98 valence electrons. The van der Waals surface area contributed by atoms with Crippen LogP contribution in [0.2, 0.25) is 0 Å². The molecule has 2 aromatic rings. The molecule has 0 saturated carbocycles. The molecule has 2 rings (SSSR count). The van der Waals surface area contributed by atoms with E-state index in [1.807, 2.05) is 19.1 Å². The third kappa shape index (κ3) is 3.32. The van der Waals surface area contributed by atoms with Crippen molar-refractivity contribution in [1.29, 1.82) is 0 Å². The van der Waals surface area contributed by atoms with Crippen LogP contribution in [-0.4, -0.2) is 5.91 Å². The van der Waals surface area contributed by atoms with Crippen molar-refractivity contribution in [2.75, 3.05) is 11.1 Å². The van der Waals surface area contributed by atoms with Gasteiger partial charge >= 0.3 is 0 Å². The molecule has 19 heavy (non-hydrogen) atoms. The summed E-state index contributed by atoms with van der Waals surface area (Å²) in [5.74, 6) is -0.810. The van der Waals surface area contributed by atoms with E-state index in [0.717, 1.165) is 5.56 Å². The molecule has 3 nitrogen and oxygen atoms in total. The normalized spacial score (nSPS) is 10.3. The Morgan fingerprint density at radius 3 is 2.63 bits per heavy atom. The molecule has 0 aromatic heterocycles. The van der Waals surface area contributed by atoms with Gasteiger partial charge < -0.3 is 11.1 Å². The van der Waals surface area contributed by atoms with Gasteiger partial charge in [-0.3, -0.25) is 4.79 Å². The Balaban J connectivity index is 2.25. The summed E-state index contributed by atoms with van der Waals surface area (Å²) in [5, 5.41) is 2.61. The Morgan fingerprint density at radius 2 is 2.00 bits per heavy atom. The summed E-state index contributed by atoms with van der Waals surface area (Å²) in [6.07, 6.45) is 0. The molecule has 0 aliphatic rings. The molecule has 0 atom stereocenters. The summed E-state index contributed by atoms with van der Waals surface area (Å²) in [6, 6.07) is 9.29. The molecule has 0 saturated heterocycles. The number of hydrogen-bond acceptors (Lipinski definition) is 2. The summed E-state index contributed by atoms with van der Waals surface area (Å²) in [4.78, 5) is 12.1. The summed E-state index contributed by atoms with van der Waals surface area (Å²) in [7, 11) is 0. The zero-order valence-electron chi connectivity index (χ0n) is 10.2. The van der Waals surface area contributed by atoms with Crippen LogP contribution in [0.5, 0.6) is 0 Å². The fourth-order valence-corrected chi connectivity index (χ4v) is 2.36. The minimum atomic E-state index is -0.488. The number of anilines is 2. The van der Waals surface area contributed by atoms with E-state index in [1.165, 1.54) is 18.2 Å². The van der Waals surface area contributed by atoms with Crippen LogP contribution in [0.4, 0.5) is 15.8 Å². The third-order valence-corrected chi connectivity index (χ3v) is 3.20. The number of aryl methyl sites for hydroxylation is 1. The molecular weight excluding hydrogens is 311 g/mol. The largest absolute Gasteiger partial charge is 0.399 e. The topological polar surface area (TPSA) is 55.1 Å². The summed E-state index contributed by atoms with van der Waals surface area (Å²) in [5.41, 5.74) is 7.63. The minimum absolute atomic E-state index is 0.262. The quantitative estimate of drug-likeness (QED) is 0.828. The van der Waals surface area contributed by atoms with E-state index >= 15 is 0 Å². The first kappa shape index (κ1) is 13.5. The van der Waals surface area contributed by atoms with Crippen LogP contribution >= 0.6 is 15.9 Å². The van der Waals surface area contributed by atoms with E-state index in [2.05, 4.69) is 21.2 Å². The Hall–Kier alpha value is -1.88. The van der Waals surface area contributed by atoms with Crippen LogP contribution in [0.15, 0.2) is 40.9 Å². The highest BCUT2D eigenvalue weighted by atomic mass is 79.9. The fraction of sp³-hybridized carbons (Fsp3) is 0.0714. The van der Waals surface area contributed by atoms with E-state index in [1.54, 1.807) is 6.07 Å². The summed E-state index contributed by atoms with van der Waals surface area (Å²) in [6.45, 7) is 1.93. The van der Waals surface area contributed by atoms with Crippen molar-refractivity contribution < 1.29 is 9.18 Å². The van der Waals surface area contributed by atoms with E-state index < -0.39 is 5.82 Å². The Kier molecular flexibility index (Phi) is 3.85. The van der Waals surface area contributed by atoms with Gasteiger partial charge in [-0.25, -0.2) is 4.39 Å². The second kappa shape index (κ2) is 5.40. The molecule has 0 heterocycles. The van der Waals surface area contributed by atoms with Crippen LogP contribution in [0.25, 0.3) is 0 Å². The van der Waals surface area contributed by atoms with Crippen molar-refractivity contribution in [3.8, 4) is 0 Å². The van der Waals surface area contributed by atoms with E-state index in [4.69, 9.17) is 5.73 Å². The van der Waals surface area contributed by atoms with Crippen LogP contribution in [0, 0.1) is 12.7 Å². The van der Waals surface area contributed by atoms with Gasteiger partial charge in [0.1, 0.15) is 5.82 Å². The van der Waals surface area contributed by atoms with Crippen LogP contribution in [-0.2, 0) is 0 Å². The fourth-order valence-electron chi connectivity index (χ4n) is 1.69. The number of rotatable bonds is 2. The third-order valence-electron chi connectivity index (χ3n) is 2.55. The first-order valence-electron chi connectivity index (χ1n) is 5.59. The number of amides is 1. The maximum Gasteiger partial charge on any atom is 0.256 e. The van der Waals surface area contributed by atoms with Gasteiger partial charge in [-0.15, -0.1) is 0 Å². The van der Waals surface area contributed by atoms with Gasteiger partial charge in [0.05, 0.1) is 5.56 Å². The number of nitrogen functional groups attached to an aromatic ring is 1. The van der Waals surface area contributed by atoms with Crippen LogP contribution < -0.4 is 11.1 Å². The smallest absolute Gasteiger partial charge is 0.256 e. The van der Waals surface area contributed by atoms with Gasteiger partial charge in [0.15, 0.2) is 0 Å². The van der Waals surface area contributed by atoms with Crippen LogP contribution in [0.1, 0.15) is 15.9 Å². The molecule has 5 heteroatoms.